The molecule has 1 aromatic heterocycles. The van der Waals surface area contributed by atoms with Gasteiger partial charge < -0.3 is 9.84 Å². The largest absolute Gasteiger partial charge is 0.389 e. The van der Waals surface area contributed by atoms with Gasteiger partial charge >= 0.3 is 0 Å². The molecule has 17 heavy (non-hydrogen) atoms. The summed E-state index contributed by atoms with van der Waals surface area (Å²) in [6, 6.07) is 0. The van der Waals surface area contributed by atoms with Crippen molar-refractivity contribution in [3.05, 3.63) is 23.3 Å². The van der Waals surface area contributed by atoms with Crippen LogP contribution in [0.1, 0.15) is 56.3 Å². The van der Waals surface area contributed by atoms with Gasteiger partial charge in [0.25, 0.3) is 0 Å². The summed E-state index contributed by atoms with van der Waals surface area (Å²) in [7, 11) is 0. The lowest BCUT2D eigenvalue weighted by Gasteiger charge is -2.32. The molecule has 2 unspecified atom stereocenters. The fourth-order valence-corrected chi connectivity index (χ4v) is 2.25. The Morgan fingerprint density at radius 1 is 1.47 bits per heavy atom. The standard InChI is InChI=1S/C13H20N2O2/c1-9-11(10(2)16)8-14-12(15-9)13(3)6-4-5-7-17-13/h8,10,16H,4-7H2,1-3H3. The number of aliphatic hydroxyl groups excluding tert-OH is 1. The third-order valence-corrected chi connectivity index (χ3v) is 3.41. The molecular weight excluding hydrogens is 216 g/mol. The van der Waals surface area contributed by atoms with Crippen LogP contribution in [0.2, 0.25) is 0 Å². The average Bonchev–Trinajstić information content (AvgIpc) is 2.29. The fraction of sp³-hybridized carbons (Fsp3) is 0.692. The lowest BCUT2D eigenvalue weighted by Crippen LogP contribution is -2.32. The van der Waals surface area contributed by atoms with Gasteiger partial charge in [0, 0.05) is 24.1 Å². The van der Waals surface area contributed by atoms with E-state index in [-0.39, 0.29) is 5.60 Å². The van der Waals surface area contributed by atoms with E-state index in [0.717, 1.165) is 43.0 Å². The number of aliphatic hydroxyl groups is 1. The Kier molecular flexibility index (Phi) is 3.45. The van der Waals surface area contributed by atoms with Crippen LogP contribution in [0.3, 0.4) is 0 Å². The Labute approximate surface area is 102 Å². The average molecular weight is 236 g/mol. The molecular formula is C13H20N2O2. The zero-order valence-corrected chi connectivity index (χ0v) is 10.7. The van der Waals surface area contributed by atoms with E-state index in [1.54, 1.807) is 13.1 Å². The van der Waals surface area contributed by atoms with Crippen LogP contribution in [-0.4, -0.2) is 21.7 Å². The van der Waals surface area contributed by atoms with Gasteiger partial charge in [-0.15, -0.1) is 0 Å². The van der Waals surface area contributed by atoms with E-state index < -0.39 is 6.10 Å². The normalized spacial score (nSPS) is 26.8. The molecule has 2 atom stereocenters. The van der Waals surface area contributed by atoms with Crippen molar-refractivity contribution in [1.82, 2.24) is 9.97 Å². The van der Waals surface area contributed by atoms with Crippen LogP contribution in [0.4, 0.5) is 0 Å². The predicted octanol–water partition coefficient (Wildman–Crippen LogP) is 2.25. The first-order valence-corrected chi connectivity index (χ1v) is 6.19. The summed E-state index contributed by atoms with van der Waals surface area (Å²) in [4.78, 5) is 8.85. The van der Waals surface area contributed by atoms with Crippen LogP contribution >= 0.6 is 0 Å². The zero-order chi connectivity index (χ0) is 12.5. The van der Waals surface area contributed by atoms with Crippen molar-refractivity contribution in [2.45, 2.75) is 51.7 Å². The molecule has 0 saturated carbocycles. The molecule has 0 radical (unpaired) electrons. The van der Waals surface area contributed by atoms with Gasteiger partial charge in [0.2, 0.25) is 0 Å². The highest BCUT2D eigenvalue weighted by atomic mass is 16.5. The lowest BCUT2D eigenvalue weighted by atomic mass is 9.94. The van der Waals surface area contributed by atoms with E-state index in [1.165, 1.54) is 0 Å². The maximum absolute atomic E-state index is 9.56. The van der Waals surface area contributed by atoms with Crippen molar-refractivity contribution in [2.75, 3.05) is 6.61 Å². The van der Waals surface area contributed by atoms with Crippen LogP contribution in [0.25, 0.3) is 0 Å². The number of hydrogen-bond donors (Lipinski definition) is 1. The first-order chi connectivity index (χ1) is 8.03. The third kappa shape index (κ3) is 2.48. The highest BCUT2D eigenvalue weighted by Gasteiger charge is 2.33. The first kappa shape index (κ1) is 12.5. The second-order valence-corrected chi connectivity index (χ2v) is 4.95. The minimum absolute atomic E-state index is 0.361. The molecule has 0 aliphatic carbocycles. The predicted molar refractivity (Wildman–Crippen MR) is 64.6 cm³/mol. The lowest BCUT2D eigenvalue weighted by molar-refractivity contribution is -0.0762. The molecule has 2 rings (SSSR count). The van der Waals surface area contributed by atoms with Crippen LogP contribution in [0.15, 0.2) is 6.20 Å². The number of hydrogen-bond acceptors (Lipinski definition) is 4. The number of rotatable bonds is 2. The molecule has 4 heteroatoms. The molecule has 1 aliphatic rings. The number of aryl methyl sites for hydroxylation is 1. The summed E-state index contributed by atoms with van der Waals surface area (Å²) >= 11 is 0. The second-order valence-electron chi connectivity index (χ2n) is 4.95. The van der Waals surface area contributed by atoms with Gasteiger partial charge in [-0.1, -0.05) is 0 Å². The molecule has 1 fully saturated rings. The molecule has 0 aromatic carbocycles. The molecule has 4 nitrogen and oxygen atoms in total. The van der Waals surface area contributed by atoms with Crippen molar-refractivity contribution < 1.29 is 9.84 Å². The third-order valence-electron chi connectivity index (χ3n) is 3.41. The molecule has 1 aliphatic heterocycles. The molecule has 2 heterocycles. The topological polar surface area (TPSA) is 55.2 Å². The van der Waals surface area contributed by atoms with E-state index in [0.29, 0.717) is 0 Å². The van der Waals surface area contributed by atoms with Crippen molar-refractivity contribution in [2.24, 2.45) is 0 Å². The second kappa shape index (κ2) is 4.70. The fourth-order valence-electron chi connectivity index (χ4n) is 2.25. The molecule has 1 N–H and O–H groups in total. The summed E-state index contributed by atoms with van der Waals surface area (Å²) in [6.07, 6.45) is 4.41. The van der Waals surface area contributed by atoms with Crippen LogP contribution < -0.4 is 0 Å². The van der Waals surface area contributed by atoms with Gasteiger partial charge in [0.1, 0.15) is 5.60 Å². The van der Waals surface area contributed by atoms with Crippen LogP contribution in [0, 0.1) is 6.92 Å². The van der Waals surface area contributed by atoms with Crippen molar-refractivity contribution >= 4 is 0 Å². The quantitative estimate of drug-likeness (QED) is 0.855. The summed E-state index contributed by atoms with van der Waals surface area (Å²) < 4.78 is 5.82. The van der Waals surface area contributed by atoms with Crippen LogP contribution in [-0.2, 0) is 10.3 Å². The van der Waals surface area contributed by atoms with Gasteiger partial charge in [0.15, 0.2) is 5.82 Å². The zero-order valence-electron chi connectivity index (χ0n) is 10.7. The van der Waals surface area contributed by atoms with Gasteiger partial charge in [-0.05, 0) is 40.0 Å². The van der Waals surface area contributed by atoms with Crippen molar-refractivity contribution in [1.29, 1.82) is 0 Å². The summed E-state index contributed by atoms with van der Waals surface area (Å²) in [5, 5.41) is 9.56. The maximum Gasteiger partial charge on any atom is 0.160 e. The van der Waals surface area contributed by atoms with Crippen molar-refractivity contribution in [3.8, 4) is 0 Å². The highest BCUT2D eigenvalue weighted by Crippen LogP contribution is 2.32. The Morgan fingerprint density at radius 2 is 2.24 bits per heavy atom. The molecule has 0 spiro atoms. The summed E-state index contributed by atoms with van der Waals surface area (Å²) in [5.74, 6) is 0.735. The molecule has 0 amide bonds. The van der Waals surface area contributed by atoms with Crippen LogP contribution in [0.5, 0.6) is 0 Å². The van der Waals surface area contributed by atoms with E-state index in [4.69, 9.17) is 4.74 Å². The van der Waals surface area contributed by atoms with E-state index in [9.17, 15) is 5.11 Å². The minimum atomic E-state index is -0.524. The Morgan fingerprint density at radius 3 is 2.76 bits per heavy atom. The SMILES string of the molecule is Cc1nc(C2(C)CCCCO2)ncc1C(C)O. The van der Waals surface area contributed by atoms with Gasteiger partial charge in [-0.25, -0.2) is 9.97 Å². The van der Waals surface area contributed by atoms with Crippen molar-refractivity contribution in [3.63, 3.8) is 0 Å². The summed E-state index contributed by atoms with van der Waals surface area (Å²) in [5.41, 5.74) is 1.26. The number of nitrogens with zero attached hydrogens (tertiary/aromatic N) is 2. The number of aromatic nitrogens is 2. The molecule has 0 bridgehead atoms. The van der Waals surface area contributed by atoms with Gasteiger partial charge in [-0.3, -0.25) is 0 Å². The monoisotopic (exact) mass is 236 g/mol. The molecule has 1 aromatic rings. The van der Waals surface area contributed by atoms with E-state index in [1.807, 2.05) is 13.8 Å². The smallest absolute Gasteiger partial charge is 0.160 e. The maximum atomic E-state index is 9.56. The minimum Gasteiger partial charge on any atom is -0.389 e. The Hall–Kier alpha value is -1.00. The van der Waals surface area contributed by atoms with E-state index >= 15 is 0 Å². The molecule has 1 saturated heterocycles. The Balaban J connectivity index is 2.30. The first-order valence-electron chi connectivity index (χ1n) is 6.19. The number of ether oxygens (including phenoxy) is 1. The van der Waals surface area contributed by atoms with Gasteiger partial charge in [-0.2, -0.15) is 0 Å². The molecule has 94 valence electrons. The highest BCUT2D eigenvalue weighted by molar-refractivity contribution is 5.20. The van der Waals surface area contributed by atoms with Gasteiger partial charge in [0.05, 0.1) is 6.10 Å². The Bertz CT molecular complexity index is 398. The van der Waals surface area contributed by atoms with E-state index in [2.05, 4.69) is 9.97 Å². The summed E-state index contributed by atoms with van der Waals surface area (Å²) in [6.45, 7) is 6.45.